The number of esters is 2. The number of carbonyl (C=O) groups is 2. The molecule has 214 valence electrons. The molecule has 2 aromatic rings. The Bertz CT molecular complexity index is 1080. The van der Waals surface area contributed by atoms with Crippen LogP contribution in [0.2, 0.25) is 0 Å². The lowest BCUT2D eigenvalue weighted by Gasteiger charge is -2.31. The molecule has 2 atom stereocenters. The van der Waals surface area contributed by atoms with Crippen LogP contribution in [0, 0.1) is 5.41 Å². The van der Waals surface area contributed by atoms with Crippen molar-refractivity contribution in [3.05, 3.63) is 71.3 Å². The standard InChI is InChI=1S/C32H44O6S/c1-7-35-28(33)22-39-23-30(2,3)17-12-18-32(6,29(34)36-20-24-13-9-8-10-14-24)26-16-11-15-25(19-26)27-21-37-31(4,5)38-27/h8-11,13-16,19,27H,7,12,17-18,20-23H2,1-6H3. The van der Waals surface area contributed by atoms with Crippen LogP contribution in [0.5, 0.6) is 0 Å². The third-order valence-electron chi connectivity index (χ3n) is 7.12. The fourth-order valence-electron chi connectivity index (χ4n) is 4.79. The van der Waals surface area contributed by atoms with Gasteiger partial charge in [0.05, 0.1) is 24.4 Å². The monoisotopic (exact) mass is 556 g/mol. The lowest BCUT2D eigenvalue weighted by atomic mass is 9.75. The zero-order chi connectivity index (χ0) is 28.5. The molecule has 7 heteroatoms. The summed E-state index contributed by atoms with van der Waals surface area (Å²) >= 11 is 1.60. The molecule has 1 fully saturated rings. The summed E-state index contributed by atoms with van der Waals surface area (Å²) in [5.74, 6) is 0.159. The second-order valence-electron chi connectivity index (χ2n) is 11.7. The van der Waals surface area contributed by atoms with Crippen molar-refractivity contribution in [2.45, 2.75) is 84.7 Å². The van der Waals surface area contributed by atoms with Crippen LogP contribution in [0.4, 0.5) is 0 Å². The van der Waals surface area contributed by atoms with Gasteiger partial charge >= 0.3 is 11.9 Å². The highest BCUT2D eigenvalue weighted by molar-refractivity contribution is 7.99. The van der Waals surface area contributed by atoms with Crippen molar-refractivity contribution in [2.24, 2.45) is 5.41 Å². The SMILES string of the molecule is CCOC(=O)CSCC(C)(C)CCCC(C)(C(=O)OCc1ccccc1)c1cccc(C2COC(C)(C)O2)c1. The molecule has 2 unspecified atom stereocenters. The van der Waals surface area contributed by atoms with E-state index in [1.165, 1.54) is 0 Å². The predicted molar refractivity (Wildman–Crippen MR) is 155 cm³/mol. The van der Waals surface area contributed by atoms with Gasteiger partial charge in [-0.2, -0.15) is 0 Å². The number of hydrogen-bond acceptors (Lipinski definition) is 7. The molecule has 1 heterocycles. The number of ether oxygens (including phenoxy) is 4. The Morgan fingerprint density at radius 2 is 1.77 bits per heavy atom. The minimum atomic E-state index is -0.825. The quantitative estimate of drug-likeness (QED) is 0.232. The number of hydrogen-bond donors (Lipinski definition) is 0. The summed E-state index contributed by atoms with van der Waals surface area (Å²) in [6.07, 6.45) is 2.21. The molecule has 6 nitrogen and oxygen atoms in total. The number of thioether (sulfide) groups is 1. The van der Waals surface area contributed by atoms with E-state index in [0.717, 1.165) is 35.3 Å². The molecule has 0 aliphatic carbocycles. The van der Waals surface area contributed by atoms with Crippen LogP contribution >= 0.6 is 11.8 Å². The van der Waals surface area contributed by atoms with Crippen LogP contribution < -0.4 is 0 Å². The van der Waals surface area contributed by atoms with Crippen molar-refractivity contribution in [1.82, 2.24) is 0 Å². The summed E-state index contributed by atoms with van der Waals surface area (Å²) < 4.78 is 22.8. The minimum Gasteiger partial charge on any atom is -0.465 e. The van der Waals surface area contributed by atoms with Gasteiger partial charge in [0.25, 0.3) is 0 Å². The van der Waals surface area contributed by atoms with Crippen LogP contribution in [0.25, 0.3) is 0 Å². The highest BCUT2D eigenvalue weighted by atomic mass is 32.2. The highest BCUT2D eigenvalue weighted by Crippen LogP contribution is 2.38. The molecular weight excluding hydrogens is 512 g/mol. The van der Waals surface area contributed by atoms with Gasteiger partial charge in [0.1, 0.15) is 12.7 Å². The summed E-state index contributed by atoms with van der Waals surface area (Å²) in [5.41, 5.74) is 2.06. The molecule has 1 saturated heterocycles. The van der Waals surface area contributed by atoms with Crippen LogP contribution in [0.1, 0.15) is 83.6 Å². The van der Waals surface area contributed by atoms with Gasteiger partial charge in [0, 0.05) is 0 Å². The number of benzene rings is 2. The molecule has 0 saturated carbocycles. The molecule has 0 spiro atoms. The molecule has 0 N–H and O–H groups in total. The summed E-state index contributed by atoms with van der Waals surface area (Å²) in [5, 5.41) is 0. The average Bonchev–Trinajstić information content (AvgIpc) is 3.27. The van der Waals surface area contributed by atoms with Crippen molar-refractivity contribution < 1.29 is 28.5 Å². The first kappa shape index (κ1) is 31.2. The smallest absolute Gasteiger partial charge is 0.316 e. The van der Waals surface area contributed by atoms with Gasteiger partial charge in [0.2, 0.25) is 0 Å². The van der Waals surface area contributed by atoms with E-state index >= 15 is 0 Å². The Labute approximate surface area is 238 Å². The summed E-state index contributed by atoms with van der Waals surface area (Å²) in [6.45, 7) is 13.1. The first-order chi connectivity index (χ1) is 18.4. The van der Waals surface area contributed by atoms with E-state index in [-0.39, 0.29) is 30.1 Å². The Balaban J connectivity index is 1.72. The fourth-order valence-corrected chi connectivity index (χ4v) is 5.84. The Kier molecular flexibility index (Phi) is 11.1. The fraction of sp³-hybridized carbons (Fsp3) is 0.562. The first-order valence-electron chi connectivity index (χ1n) is 13.8. The molecule has 2 aromatic carbocycles. The van der Waals surface area contributed by atoms with Crippen molar-refractivity contribution in [1.29, 1.82) is 0 Å². The maximum atomic E-state index is 13.7. The van der Waals surface area contributed by atoms with Gasteiger partial charge in [-0.3, -0.25) is 9.59 Å². The average molecular weight is 557 g/mol. The number of rotatable bonds is 14. The van der Waals surface area contributed by atoms with E-state index in [9.17, 15) is 9.59 Å². The molecule has 1 aliphatic rings. The van der Waals surface area contributed by atoms with Crippen LogP contribution in [0.3, 0.4) is 0 Å². The molecule has 1 aliphatic heterocycles. The van der Waals surface area contributed by atoms with Gasteiger partial charge in [-0.15, -0.1) is 11.8 Å². The van der Waals surface area contributed by atoms with Crippen molar-refractivity contribution in [3.8, 4) is 0 Å². The van der Waals surface area contributed by atoms with E-state index in [4.69, 9.17) is 18.9 Å². The van der Waals surface area contributed by atoms with Gasteiger partial charge in [-0.05, 0) is 68.4 Å². The molecule has 3 rings (SSSR count). The van der Waals surface area contributed by atoms with Crippen molar-refractivity contribution >= 4 is 23.7 Å². The van der Waals surface area contributed by atoms with E-state index in [0.29, 0.717) is 25.4 Å². The van der Waals surface area contributed by atoms with Gasteiger partial charge in [-0.25, -0.2) is 0 Å². The molecule has 0 aromatic heterocycles. The molecule has 39 heavy (non-hydrogen) atoms. The Morgan fingerprint density at radius 3 is 2.44 bits per heavy atom. The lowest BCUT2D eigenvalue weighted by molar-refractivity contribution is -0.152. The third-order valence-corrected chi connectivity index (χ3v) is 8.54. The molecule has 0 radical (unpaired) electrons. The van der Waals surface area contributed by atoms with Crippen LogP contribution in [0.15, 0.2) is 54.6 Å². The minimum absolute atomic E-state index is 0.00840. The first-order valence-corrected chi connectivity index (χ1v) is 15.0. The zero-order valence-corrected chi connectivity index (χ0v) is 25.1. The summed E-state index contributed by atoms with van der Waals surface area (Å²) in [4.78, 5) is 25.4. The van der Waals surface area contributed by atoms with E-state index in [1.807, 2.05) is 76.2 Å². The van der Waals surface area contributed by atoms with Crippen molar-refractivity contribution in [3.63, 3.8) is 0 Å². The normalized spacial score (nSPS) is 18.4. The highest BCUT2D eigenvalue weighted by Gasteiger charge is 2.39. The maximum absolute atomic E-state index is 13.7. The van der Waals surface area contributed by atoms with Crippen LogP contribution in [-0.2, 0) is 40.6 Å². The summed E-state index contributed by atoms with van der Waals surface area (Å²) in [6, 6.07) is 17.8. The zero-order valence-electron chi connectivity index (χ0n) is 24.3. The van der Waals surface area contributed by atoms with Crippen LogP contribution in [-0.4, -0.2) is 42.4 Å². The van der Waals surface area contributed by atoms with Gasteiger partial charge in [-0.1, -0.05) is 74.9 Å². The van der Waals surface area contributed by atoms with Gasteiger partial charge < -0.3 is 18.9 Å². The second-order valence-corrected chi connectivity index (χ2v) is 12.6. The molecular formula is C32H44O6S. The third kappa shape index (κ3) is 9.37. The van der Waals surface area contributed by atoms with E-state index in [2.05, 4.69) is 19.9 Å². The van der Waals surface area contributed by atoms with Crippen molar-refractivity contribution in [2.75, 3.05) is 24.7 Å². The molecule has 0 amide bonds. The maximum Gasteiger partial charge on any atom is 0.316 e. The lowest BCUT2D eigenvalue weighted by Crippen LogP contribution is -2.35. The molecule has 0 bridgehead atoms. The number of carbonyl (C=O) groups excluding carboxylic acids is 2. The Morgan fingerprint density at radius 1 is 1.03 bits per heavy atom. The van der Waals surface area contributed by atoms with E-state index in [1.54, 1.807) is 11.8 Å². The Hall–Kier alpha value is -2.35. The van der Waals surface area contributed by atoms with E-state index < -0.39 is 11.2 Å². The van der Waals surface area contributed by atoms with Gasteiger partial charge in [0.15, 0.2) is 5.79 Å². The largest absolute Gasteiger partial charge is 0.465 e. The summed E-state index contributed by atoms with van der Waals surface area (Å²) in [7, 11) is 0. The second kappa shape index (κ2) is 13.8. The predicted octanol–water partition coefficient (Wildman–Crippen LogP) is 7.00. The topological polar surface area (TPSA) is 71.1 Å².